The lowest BCUT2D eigenvalue weighted by Gasteiger charge is -1.95. The largest absolute Gasteiger partial charge is 0.461 e. The zero-order valence-electron chi connectivity index (χ0n) is 7.03. The highest BCUT2D eigenvalue weighted by molar-refractivity contribution is 5.80. The average Bonchev–Trinajstić information content (AvgIpc) is 2.04. The van der Waals surface area contributed by atoms with Gasteiger partial charge >= 0.3 is 5.88 Å². The van der Waals surface area contributed by atoms with Gasteiger partial charge in [-0.3, -0.25) is 0 Å². The zero-order chi connectivity index (χ0) is 8.97. The molecule has 0 saturated carbocycles. The number of aliphatic imine (C=N–C) groups is 1. The predicted molar refractivity (Wildman–Crippen MR) is 44.3 cm³/mol. The molecule has 0 aliphatic rings. The molecule has 12 heavy (non-hydrogen) atoms. The predicted octanol–water partition coefficient (Wildman–Crippen LogP) is -0.0871. The third kappa shape index (κ3) is 1.91. The van der Waals surface area contributed by atoms with E-state index in [4.69, 9.17) is 10.5 Å². The van der Waals surface area contributed by atoms with Gasteiger partial charge in [0.25, 0.3) is 6.33 Å². The number of H-pyrrole nitrogens is 1. The van der Waals surface area contributed by atoms with E-state index in [1.165, 1.54) is 13.4 Å². The topological polar surface area (TPSA) is 74.6 Å². The number of nitrogens with two attached hydrogens (primary N) is 1. The Labute approximate surface area is 70.3 Å². The van der Waals surface area contributed by atoms with Gasteiger partial charge in [0.2, 0.25) is 0 Å². The minimum absolute atomic E-state index is 0.457. The minimum atomic E-state index is 0.457. The number of nitrogens with one attached hydrogen (secondary N) is 1. The van der Waals surface area contributed by atoms with Gasteiger partial charge in [-0.1, -0.05) is 0 Å². The van der Waals surface area contributed by atoms with E-state index in [1.54, 1.807) is 13.1 Å². The van der Waals surface area contributed by atoms with Crippen LogP contribution in [-0.4, -0.2) is 17.9 Å². The first-order valence-electron chi connectivity index (χ1n) is 3.45. The Bertz CT molecular complexity index is 293. The molecule has 64 valence electrons. The Hall–Kier alpha value is -1.65. The van der Waals surface area contributed by atoms with Crippen molar-refractivity contribution in [1.82, 2.24) is 4.98 Å². The van der Waals surface area contributed by atoms with Crippen molar-refractivity contribution >= 4 is 11.5 Å². The van der Waals surface area contributed by atoms with Gasteiger partial charge in [0, 0.05) is 0 Å². The number of amidine groups is 1. The summed E-state index contributed by atoms with van der Waals surface area (Å²) in [4.78, 5) is 10.7. The molecular weight excluding hydrogens is 156 g/mol. The summed E-state index contributed by atoms with van der Waals surface area (Å²) in [5, 5.41) is 0. The van der Waals surface area contributed by atoms with Crippen molar-refractivity contribution in [2.24, 2.45) is 10.7 Å². The maximum atomic E-state index is 5.40. The van der Waals surface area contributed by atoms with E-state index in [0.29, 0.717) is 17.4 Å². The highest BCUT2D eigenvalue weighted by Crippen LogP contribution is 2.20. The maximum Gasteiger partial charge on any atom is 0.357 e. The highest BCUT2D eigenvalue weighted by Gasteiger charge is 2.08. The highest BCUT2D eigenvalue weighted by atomic mass is 16.5. The summed E-state index contributed by atoms with van der Waals surface area (Å²) < 4.78 is 4.95. The third-order valence-electron chi connectivity index (χ3n) is 1.19. The van der Waals surface area contributed by atoms with Crippen LogP contribution in [0.5, 0.6) is 5.88 Å². The molecule has 5 nitrogen and oxygen atoms in total. The molecule has 3 N–H and O–H groups in total. The number of aromatic nitrogens is 2. The molecule has 0 aliphatic carbocycles. The standard InChI is InChI=1S/C7H10N4O/c1-5(8)11-6-3-9-4-10-7(6)12-2/h3-4H,1-2H3,(H2,8,11)/p+1. The fraction of sp³-hybridized carbons (Fsp3) is 0.286. The lowest BCUT2D eigenvalue weighted by Crippen LogP contribution is -2.07. The first-order chi connectivity index (χ1) is 5.74. The summed E-state index contributed by atoms with van der Waals surface area (Å²) in [5.74, 6) is 0.924. The molecule has 0 atom stereocenters. The molecule has 5 heteroatoms. The molecular formula is C7H11N4O+. The number of aromatic amines is 1. The molecule has 1 heterocycles. The molecule has 0 aliphatic heterocycles. The lowest BCUT2D eigenvalue weighted by molar-refractivity contribution is -0.382. The van der Waals surface area contributed by atoms with Gasteiger partial charge in [-0.05, 0) is 11.9 Å². The Balaban J connectivity index is 3.05. The van der Waals surface area contributed by atoms with Crippen LogP contribution >= 0.6 is 0 Å². The Kier molecular flexibility index (Phi) is 2.57. The normalized spacial score (nSPS) is 11.3. The average molecular weight is 167 g/mol. The second-order valence-corrected chi connectivity index (χ2v) is 2.22. The summed E-state index contributed by atoms with van der Waals surface area (Å²) in [6.45, 7) is 1.70. The molecule has 1 rings (SSSR count). The van der Waals surface area contributed by atoms with E-state index < -0.39 is 0 Å². The summed E-state index contributed by atoms with van der Waals surface area (Å²) in [7, 11) is 1.53. The van der Waals surface area contributed by atoms with Crippen LogP contribution in [0.25, 0.3) is 0 Å². The Morgan fingerprint density at radius 1 is 1.75 bits per heavy atom. The van der Waals surface area contributed by atoms with Gasteiger partial charge in [-0.2, -0.15) is 0 Å². The number of rotatable bonds is 2. The van der Waals surface area contributed by atoms with Crippen LogP contribution in [0, 0.1) is 0 Å². The van der Waals surface area contributed by atoms with Gasteiger partial charge in [0.1, 0.15) is 6.20 Å². The molecule has 1 aromatic rings. The van der Waals surface area contributed by atoms with Crippen LogP contribution < -0.4 is 15.5 Å². The molecule has 1 aromatic heterocycles. The molecule has 0 bridgehead atoms. The lowest BCUT2D eigenvalue weighted by atomic mass is 10.5. The van der Waals surface area contributed by atoms with Crippen molar-refractivity contribution in [3.63, 3.8) is 0 Å². The van der Waals surface area contributed by atoms with E-state index in [1.807, 2.05) is 0 Å². The van der Waals surface area contributed by atoms with E-state index in [0.717, 1.165) is 0 Å². The van der Waals surface area contributed by atoms with Crippen molar-refractivity contribution in [3.05, 3.63) is 12.5 Å². The van der Waals surface area contributed by atoms with Gasteiger partial charge in [-0.15, -0.1) is 0 Å². The molecule has 0 fully saturated rings. The fourth-order valence-electron chi connectivity index (χ4n) is 0.767. The summed E-state index contributed by atoms with van der Waals surface area (Å²) in [6, 6.07) is 0. The molecule has 0 saturated heterocycles. The maximum absolute atomic E-state index is 5.40. The monoisotopic (exact) mass is 167 g/mol. The number of methoxy groups -OCH3 is 1. The van der Waals surface area contributed by atoms with Crippen LogP contribution in [0.3, 0.4) is 0 Å². The van der Waals surface area contributed by atoms with Crippen LogP contribution in [0.2, 0.25) is 0 Å². The van der Waals surface area contributed by atoms with Crippen molar-refractivity contribution < 1.29 is 9.72 Å². The second-order valence-electron chi connectivity index (χ2n) is 2.22. The quantitative estimate of drug-likeness (QED) is 0.494. The number of ether oxygens (including phenoxy) is 1. The van der Waals surface area contributed by atoms with Gasteiger partial charge in [-0.25, -0.2) is 9.98 Å². The summed E-state index contributed by atoms with van der Waals surface area (Å²) in [6.07, 6.45) is 3.19. The third-order valence-corrected chi connectivity index (χ3v) is 1.19. The minimum Gasteiger partial charge on any atom is -0.461 e. The van der Waals surface area contributed by atoms with E-state index in [2.05, 4.69) is 15.0 Å². The summed E-state index contributed by atoms with van der Waals surface area (Å²) in [5.41, 5.74) is 6.00. The smallest absolute Gasteiger partial charge is 0.357 e. The second kappa shape index (κ2) is 3.66. The fourth-order valence-corrected chi connectivity index (χ4v) is 0.767. The first-order valence-corrected chi connectivity index (χ1v) is 3.45. The number of hydrogen-bond donors (Lipinski definition) is 1. The number of hydrogen-bond acceptors (Lipinski definition) is 3. The molecule has 0 amide bonds. The van der Waals surface area contributed by atoms with Gasteiger partial charge in [0.05, 0.1) is 12.9 Å². The number of nitrogens with zero attached hydrogens (tertiary/aromatic N) is 2. The van der Waals surface area contributed by atoms with Crippen LogP contribution in [0.1, 0.15) is 6.92 Å². The van der Waals surface area contributed by atoms with Gasteiger partial charge in [0.15, 0.2) is 5.69 Å². The van der Waals surface area contributed by atoms with Gasteiger partial charge < -0.3 is 10.5 Å². The molecule has 0 aromatic carbocycles. The van der Waals surface area contributed by atoms with Crippen molar-refractivity contribution in [2.45, 2.75) is 6.92 Å². The van der Waals surface area contributed by atoms with Crippen molar-refractivity contribution in [3.8, 4) is 5.88 Å². The van der Waals surface area contributed by atoms with Crippen LogP contribution in [-0.2, 0) is 0 Å². The van der Waals surface area contributed by atoms with E-state index >= 15 is 0 Å². The zero-order valence-corrected chi connectivity index (χ0v) is 7.03. The molecule has 0 radical (unpaired) electrons. The summed E-state index contributed by atoms with van der Waals surface area (Å²) >= 11 is 0. The van der Waals surface area contributed by atoms with Crippen molar-refractivity contribution in [2.75, 3.05) is 7.11 Å². The van der Waals surface area contributed by atoms with Crippen LogP contribution in [0.4, 0.5) is 5.69 Å². The van der Waals surface area contributed by atoms with E-state index in [9.17, 15) is 0 Å². The Morgan fingerprint density at radius 3 is 3.08 bits per heavy atom. The Morgan fingerprint density at radius 2 is 2.50 bits per heavy atom. The molecule has 0 unspecified atom stereocenters. The van der Waals surface area contributed by atoms with Crippen LogP contribution in [0.15, 0.2) is 17.5 Å². The van der Waals surface area contributed by atoms with Crippen molar-refractivity contribution in [1.29, 1.82) is 0 Å². The first kappa shape index (κ1) is 8.45. The molecule has 0 spiro atoms. The SMILES string of the molecule is COc1nc[nH+]cc1N=C(C)N. The van der Waals surface area contributed by atoms with E-state index in [-0.39, 0.29) is 0 Å².